The number of carbonyl (C=O) groups excluding carboxylic acids is 2. The lowest BCUT2D eigenvalue weighted by atomic mass is 9.80. The van der Waals surface area contributed by atoms with Crippen LogP contribution in [0.25, 0.3) is 11.1 Å². The van der Waals surface area contributed by atoms with Gasteiger partial charge >= 0.3 is 12.1 Å². The lowest BCUT2D eigenvalue weighted by Gasteiger charge is -2.42. The van der Waals surface area contributed by atoms with Crippen molar-refractivity contribution in [2.75, 3.05) is 13.7 Å². The molecule has 2 N–H and O–H groups in total. The van der Waals surface area contributed by atoms with Crippen LogP contribution in [0.15, 0.2) is 48.5 Å². The maximum Gasteiger partial charge on any atom is 0.407 e. The Balaban J connectivity index is 1.42. The van der Waals surface area contributed by atoms with Crippen LogP contribution in [-0.2, 0) is 14.3 Å². The smallest absolute Gasteiger partial charge is 0.407 e. The number of amides is 2. The Hall–Kier alpha value is -3.35. The van der Waals surface area contributed by atoms with Gasteiger partial charge in [-0.3, -0.25) is 4.79 Å². The number of aliphatic carboxylic acids is 1. The zero-order chi connectivity index (χ0) is 24.3. The molecule has 0 heterocycles. The summed E-state index contributed by atoms with van der Waals surface area (Å²) in [5, 5.41) is 12.6. The van der Waals surface area contributed by atoms with Crippen molar-refractivity contribution in [3.8, 4) is 11.1 Å². The van der Waals surface area contributed by atoms with Crippen molar-refractivity contribution >= 4 is 18.0 Å². The molecule has 7 nitrogen and oxygen atoms in total. The van der Waals surface area contributed by atoms with Crippen molar-refractivity contribution in [2.45, 2.75) is 62.9 Å². The molecule has 180 valence electrons. The molecule has 4 rings (SSSR count). The number of hydrogen-bond donors (Lipinski definition) is 2. The van der Waals surface area contributed by atoms with E-state index in [1.807, 2.05) is 36.4 Å². The Labute approximate surface area is 200 Å². The van der Waals surface area contributed by atoms with Crippen molar-refractivity contribution < 1.29 is 24.2 Å². The number of fused-ring (bicyclic) bond motifs is 3. The van der Waals surface area contributed by atoms with E-state index in [9.17, 15) is 19.5 Å². The summed E-state index contributed by atoms with van der Waals surface area (Å²) in [5.41, 5.74) is 3.29. The van der Waals surface area contributed by atoms with E-state index in [0.717, 1.165) is 41.5 Å². The van der Waals surface area contributed by atoms with Crippen LogP contribution in [0.3, 0.4) is 0 Å². The fourth-order valence-corrected chi connectivity index (χ4v) is 5.39. The third-order valence-electron chi connectivity index (χ3n) is 7.39. The third kappa shape index (κ3) is 4.27. The molecule has 0 aromatic heterocycles. The number of carbonyl (C=O) groups is 3. The van der Waals surface area contributed by atoms with Gasteiger partial charge in [0.15, 0.2) is 0 Å². The predicted octanol–water partition coefficient (Wildman–Crippen LogP) is 4.55. The molecule has 0 bridgehead atoms. The number of nitrogens with zero attached hydrogens (tertiary/aromatic N) is 1. The standard InChI is InChI=1S/C27H32N2O5/c1-3-23(24(30)29(2)27(25(31)32)15-9-4-10-16-27)28-26(33)34-17-22-20-13-7-5-11-18(20)19-12-6-8-14-21(19)22/h5-8,11-14,22-23H,3-4,9-10,15-17H2,1-2H3,(H,28,33)(H,31,32)/t23-/m1/s1. The lowest BCUT2D eigenvalue weighted by molar-refractivity contribution is -0.161. The molecular formula is C27H32N2O5. The number of likely N-dealkylation sites (N-methyl/N-ethyl adjacent to an activating group) is 1. The third-order valence-corrected chi connectivity index (χ3v) is 7.39. The highest BCUT2D eigenvalue weighted by atomic mass is 16.5. The molecule has 0 saturated heterocycles. The largest absolute Gasteiger partial charge is 0.479 e. The van der Waals surface area contributed by atoms with Gasteiger partial charge in [0, 0.05) is 13.0 Å². The molecule has 0 aliphatic heterocycles. The first-order valence-corrected chi connectivity index (χ1v) is 12.0. The average Bonchev–Trinajstić information content (AvgIpc) is 3.19. The first kappa shape index (κ1) is 23.8. The lowest BCUT2D eigenvalue weighted by Crippen LogP contribution is -2.60. The quantitative estimate of drug-likeness (QED) is 0.627. The Morgan fingerprint density at radius 1 is 1.03 bits per heavy atom. The normalized spacial score (nSPS) is 17.2. The van der Waals surface area contributed by atoms with Crippen LogP contribution >= 0.6 is 0 Å². The van der Waals surface area contributed by atoms with E-state index in [1.165, 1.54) is 11.9 Å². The van der Waals surface area contributed by atoms with Gasteiger partial charge < -0.3 is 20.1 Å². The van der Waals surface area contributed by atoms with Crippen LogP contribution in [0, 0.1) is 0 Å². The molecule has 2 aromatic carbocycles. The summed E-state index contributed by atoms with van der Waals surface area (Å²) in [7, 11) is 1.53. The number of nitrogens with one attached hydrogen (secondary N) is 1. The van der Waals surface area contributed by atoms with Crippen molar-refractivity contribution in [3.63, 3.8) is 0 Å². The van der Waals surface area contributed by atoms with Crippen molar-refractivity contribution in [1.29, 1.82) is 0 Å². The van der Waals surface area contributed by atoms with E-state index in [2.05, 4.69) is 17.4 Å². The summed E-state index contributed by atoms with van der Waals surface area (Å²) in [6.07, 6.45) is 3.00. The molecule has 34 heavy (non-hydrogen) atoms. The van der Waals surface area contributed by atoms with Gasteiger partial charge in [-0.15, -0.1) is 0 Å². The van der Waals surface area contributed by atoms with Gasteiger partial charge in [0.05, 0.1) is 0 Å². The number of hydrogen-bond acceptors (Lipinski definition) is 4. The predicted molar refractivity (Wildman–Crippen MR) is 129 cm³/mol. The highest BCUT2D eigenvalue weighted by molar-refractivity contribution is 5.91. The Morgan fingerprint density at radius 3 is 2.12 bits per heavy atom. The van der Waals surface area contributed by atoms with E-state index in [0.29, 0.717) is 19.3 Å². The van der Waals surface area contributed by atoms with Gasteiger partial charge in [0.1, 0.15) is 18.2 Å². The van der Waals surface area contributed by atoms with Gasteiger partial charge in [0.25, 0.3) is 0 Å². The van der Waals surface area contributed by atoms with Gasteiger partial charge in [-0.05, 0) is 41.5 Å². The zero-order valence-electron chi connectivity index (χ0n) is 19.8. The maximum atomic E-state index is 13.2. The minimum Gasteiger partial charge on any atom is -0.479 e. The molecular weight excluding hydrogens is 432 g/mol. The first-order valence-electron chi connectivity index (χ1n) is 12.0. The second-order valence-corrected chi connectivity index (χ2v) is 9.23. The maximum absolute atomic E-state index is 13.2. The monoisotopic (exact) mass is 464 g/mol. The van der Waals surface area contributed by atoms with Gasteiger partial charge in [-0.2, -0.15) is 0 Å². The second-order valence-electron chi connectivity index (χ2n) is 9.23. The average molecular weight is 465 g/mol. The summed E-state index contributed by atoms with van der Waals surface area (Å²) in [5.74, 6) is -1.46. The second kappa shape index (κ2) is 9.87. The molecule has 2 aromatic rings. The summed E-state index contributed by atoms with van der Waals surface area (Å²) in [4.78, 5) is 39.3. The van der Waals surface area contributed by atoms with Crippen LogP contribution in [0.1, 0.15) is 62.5 Å². The van der Waals surface area contributed by atoms with Crippen LogP contribution in [-0.4, -0.2) is 53.2 Å². The molecule has 2 aliphatic rings. The Bertz CT molecular complexity index is 1030. The molecule has 1 atom stereocenters. The fraction of sp³-hybridized carbons (Fsp3) is 0.444. The van der Waals surface area contributed by atoms with E-state index in [-0.39, 0.29) is 12.5 Å². The van der Waals surface area contributed by atoms with E-state index < -0.39 is 29.6 Å². The first-order chi connectivity index (χ1) is 16.4. The molecule has 7 heteroatoms. The highest BCUT2D eigenvalue weighted by Crippen LogP contribution is 2.44. The van der Waals surface area contributed by atoms with Gasteiger partial charge in [-0.1, -0.05) is 74.7 Å². The summed E-state index contributed by atoms with van der Waals surface area (Å²) in [6, 6.07) is 15.3. The Morgan fingerprint density at radius 2 is 1.59 bits per heavy atom. The van der Waals surface area contributed by atoms with E-state index >= 15 is 0 Å². The molecule has 1 saturated carbocycles. The zero-order valence-corrected chi connectivity index (χ0v) is 19.8. The van der Waals surface area contributed by atoms with Crippen LogP contribution < -0.4 is 5.32 Å². The SMILES string of the molecule is CC[C@@H](NC(=O)OCC1c2ccccc2-c2ccccc21)C(=O)N(C)C1(C(=O)O)CCCCC1. The van der Waals surface area contributed by atoms with Crippen molar-refractivity contribution in [2.24, 2.45) is 0 Å². The minimum atomic E-state index is -1.22. The van der Waals surface area contributed by atoms with Gasteiger partial charge in [-0.25, -0.2) is 9.59 Å². The van der Waals surface area contributed by atoms with E-state index in [1.54, 1.807) is 6.92 Å². The van der Waals surface area contributed by atoms with Crippen molar-refractivity contribution in [3.05, 3.63) is 59.7 Å². The number of ether oxygens (including phenoxy) is 1. The Kier molecular flexibility index (Phi) is 6.91. The van der Waals surface area contributed by atoms with Gasteiger partial charge in [0.2, 0.25) is 5.91 Å². The number of alkyl carbamates (subject to hydrolysis) is 1. The summed E-state index contributed by atoms with van der Waals surface area (Å²) < 4.78 is 5.58. The molecule has 0 radical (unpaired) electrons. The molecule has 0 spiro atoms. The van der Waals surface area contributed by atoms with Crippen LogP contribution in [0.4, 0.5) is 4.79 Å². The number of rotatable bonds is 7. The summed E-state index contributed by atoms with van der Waals surface area (Å²) >= 11 is 0. The van der Waals surface area contributed by atoms with E-state index in [4.69, 9.17) is 4.74 Å². The van der Waals surface area contributed by atoms with Crippen LogP contribution in [0.2, 0.25) is 0 Å². The highest BCUT2D eigenvalue weighted by Gasteiger charge is 2.46. The molecule has 2 amide bonds. The van der Waals surface area contributed by atoms with Crippen LogP contribution in [0.5, 0.6) is 0 Å². The minimum absolute atomic E-state index is 0.0749. The fourth-order valence-electron chi connectivity index (χ4n) is 5.39. The molecule has 2 aliphatic carbocycles. The number of carboxylic acid groups (broad SMARTS) is 1. The molecule has 1 fully saturated rings. The number of benzene rings is 2. The van der Waals surface area contributed by atoms with Crippen molar-refractivity contribution in [1.82, 2.24) is 10.2 Å². The molecule has 0 unspecified atom stereocenters. The number of carboxylic acids is 1. The summed E-state index contributed by atoms with van der Waals surface area (Å²) in [6.45, 7) is 1.94. The topological polar surface area (TPSA) is 95.9 Å².